The fourth-order valence-corrected chi connectivity index (χ4v) is 3.07. The first-order valence-corrected chi connectivity index (χ1v) is 9.30. The van der Waals surface area contributed by atoms with E-state index in [1.165, 1.54) is 29.8 Å². The number of carbonyl (C=O) groups excluding carboxylic acids is 1. The summed E-state index contributed by atoms with van der Waals surface area (Å²) in [5.41, 5.74) is 1.66. The summed E-state index contributed by atoms with van der Waals surface area (Å²) >= 11 is 1.64. The summed E-state index contributed by atoms with van der Waals surface area (Å²) in [6.07, 6.45) is 0. The van der Waals surface area contributed by atoms with E-state index in [9.17, 15) is 14.0 Å². The number of carbonyl (C=O) groups is 1. The second-order valence-corrected chi connectivity index (χ2v) is 7.02. The number of amides is 1. The van der Waals surface area contributed by atoms with Crippen LogP contribution in [-0.4, -0.2) is 28.0 Å². The quantitative estimate of drug-likeness (QED) is 0.498. The minimum atomic E-state index is -0.737. The molecule has 3 rings (SSSR count). The summed E-state index contributed by atoms with van der Waals surface area (Å²) < 4.78 is 18.9. The maximum Gasteiger partial charge on any atom is 0.437 e. The molecule has 0 bridgehead atoms. The monoisotopic (exact) mass is 387 g/mol. The number of nitrogens with zero attached hydrogens (tertiary/aromatic N) is 2. The Morgan fingerprint density at radius 2 is 1.89 bits per heavy atom. The van der Waals surface area contributed by atoms with Gasteiger partial charge in [-0.15, -0.1) is 16.9 Å². The van der Waals surface area contributed by atoms with Crippen molar-refractivity contribution in [3.05, 3.63) is 70.5 Å². The molecule has 27 heavy (non-hydrogen) atoms. The van der Waals surface area contributed by atoms with Crippen molar-refractivity contribution in [3.8, 4) is 11.5 Å². The van der Waals surface area contributed by atoms with E-state index in [0.717, 1.165) is 9.58 Å². The Hall–Kier alpha value is -2.87. The van der Waals surface area contributed by atoms with E-state index in [1.807, 2.05) is 31.2 Å². The number of halogens is 1. The maximum absolute atomic E-state index is 13.0. The van der Waals surface area contributed by atoms with Crippen molar-refractivity contribution in [2.75, 3.05) is 12.3 Å². The van der Waals surface area contributed by atoms with E-state index in [4.69, 9.17) is 4.42 Å². The molecule has 0 aliphatic carbocycles. The van der Waals surface area contributed by atoms with Crippen LogP contribution < -0.4 is 11.1 Å². The lowest BCUT2D eigenvalue weighted by Gasteiger charge is -2.05. The highest BCUT2D eigenvalue weighted by molar-refractivity contribution is 7.99. The van der Waals surface area contributed by atoms with Crippen molar-refractivity contribution in [1.29, 1.82) is 0 Å². The molecule has 0 unspecified atom stereocenters. The molecule has 1 N–H and O–H groups in total. The normalized spacial score (nSPS) is 10.7. The molecule has 1 amide bonds. The zero-order valence-electron chi connectivity index (χ0n) is 14.6. The molecule has 2 aromatic carbocycles. The molecule has 0 spiro atoms. The van der Waals surface area contributed by atoms with Crippen LogP contribution in [0.25, 0.3) is 11.5 Å². The van der Waals surface area contributed by atoms with Gasteiger partial charge in [-0.25, -0.2) is 9.18 Å². The number of benzene rings is 2. The summed E-state index contributed by atoms with van der Waals surface area (Å²) in [5.74, 6) is -0.714. The zero-order valence-corrected chi connectivity index (χ0v) is 15.5. The number of rotatable bonds is 7. The first kappa shape index (κ1) is 18.9. The fourth-order valence-electron chi connectivity index (χ4n) is 2.30. The van der Waals surface area contributed by atoms with E-state index >= 15 is 0 Å². The standard InChI is InChI=1S/C19H18FN3O3S/c1-13-2-8-16(9-3-13)27-11-10-21-17(24)12-23-19(25)26-18(22-23)14-4-6-15(20)7-5-14/h2-9H,10-12H2,1H3,(H,21,24). The molecule has 0 atom stereocenters. The van der Waals surface area contributed by atoms with Gasteiger partial charge in [0, 0.05) is 22.8 Å². The van der Waals surface area contributed by atoms with Crippen molar-refractivity contribution >= 4 is 17.7 Å². The average Bonchev–Trinajstić information content (AvgIpc) is 3.01. The Morgan fingerprint density at radius 3 is 2.59 bits per heavy atom. The van der Waals surface area contributed by atoms with E-state index < -0.39 is 11.6 Å². The summed E-state index contributed by atoms with van der Waals surface area (Å²) in [4.78, 5) is 25.0. The van der Waals surface area contributed by atoms with Gasteiger partial charge in [0.05, 0.1) is 0 Å². The second-order valence-electron chi connectivity index (χ2n) is 5.85. The van der Waals surface area contributed by atoms with Gasteiger partial charge in [0.1, 0.15) is 12.4 Å². The van der Waals surface area contributed by atoms with Gasteiger partial charge in [0.2, 0.25) is 11.8 Å². The number of aromatic nitrogens is 2. The van der Waals surface area contributed by atoms with Crippen molar-refractivity contribution < 1.29 is 13.6 Å². The van der Waals surface area contributed by atoms with Crippen LogP contribution in [0.15, 0.2) is 62.6 Å². The molecule has 1 aromatic heterocycles. The summed E-state index contributed by atoms with van der Waals surface area (Å²) in [6.45, 7) is 2.26. The highest BCUT2D eigenvalue weighted by atomic mass is 32.2. The Morgan fingerprint density at radius 1 is 1.19 bits per heavy atom. The van der Waals surface area contributed by atoms with Crippen molar-refractivity contribution in [2.24, 2.45) is 0 Å². The van der Waals surface area contributed by atoms with E-state index in [0.29, 0.717) is 17.9 Å². The molecule has 6 nitrogen and oxygen atoms in total. The van der Waals surface area contributed by atoms with Gasteiger partial charge < -0.3 is 9.73 Å². The molecule has 8 heteroatoms. The van der Waals surface area contributed by atoms with Crippen LogP contribution in [0.2, 0.25) is 0 Å². The van der Waals surface area contributed by atoms with Gasteiger partial charge in [0.15, 0.2) is 0 Å². The molecule has 0 saturated carbocycles. The highest BCUT2D eigenvalue weighted by Gasteiger charge is 2.13. The molecule has 0 radical (unpaired) electrons. The number of hydrogen-bond acceptors (Lipinski definition) is 5. The van der Waals surface area contributed by atoms with Crippen molar-refractivity contribution in [3.63, 3.8) is 0 Å². The molecular formula is C19H18FN3O3S. The lowest BCUT2D eigenvalue weighted by molar-refractivity contribution is -0.121. The van der Waals surface area contributed by atoms with Crippen molar-refractivity contribution in [2.45, 2.75) is 18.4 Å². The molecule has 0 saturated heterocycles. The number of nitrogens with one attached hydrogen (secondary N) is 1. The Bertz CT molecular complexity index is 965. The van der Waals surface area contributed by atoms with Gasteiger partial charge in [-0.3, -0.25) is 4.79 Å². The number of thioether (sulfide) groups is 1. The Balaban J connectivity index is 1.50. The molecule has 0 aliphatic rings. The van der Waals surface area contributed by atoms with E-state index in [2.05, 4.69) is 10.4 Å². The van der Waals surface area contributed by atoms with Crippen LogP contribution in [0, 0.1) is 12.7 Å². The zero-order chi connectivity index (χ0) is 19.2. The SMILES string of the molecule is Cc1ccc(SCCNC(=O)Cn2nc(-c3ccc(F)cc3)oc2=O)cc1. The largest absolute Gasteiger partial charge is 0.437 e. The number of hydrogen-bond donors (Lipinski definition) is 1. The lowest BCUT2D eigenvalue weighted by Crippen LogP contribution is -2.32. The van der Waals surface area contributed by atoms with E-state index in [-0.39, 0.29) is 18.3 Å². The molecule has 3 aromatic rings. The van der Waals surface area contributed by atoms with E-state index in [1.54, 1.807) is 11.8 Å². The highest BCUT2D eigenvalue weighted by Crippen LogP contribution is 2.17. The van der Waals surface area contributed by atoms with Gasteiger partial charge in [-0.2, -0.15) is 4.68 Å². The van der Waals surface area contributed by atoms with Gasteiger partial charge in [0.25, 0.3) is 0 Å². The minimum absolute atomic E-state index is 0.0442. The van der Waals surface area contributed by atoms with Crippen LogP contribution in [0.3, 0.4) is 0 Å². The van der Waals surface area contributed by atoms with Crippen molar-refractivity contribution in [1.82, 2.24) is 15.1 Å². The lowest BCUT2D eigenvalue weighted by atomic mass is 10.2. The predicted octanol–water partition coefficient (Wildman–Crippen LogP) is 2.86. The summed E-state index contributed by atoms with van der Waals surface area (Å²) in [6, 6.07) is 13.5. The Labute approximate surface area is 159 Å². The Kier molecular flexibility index (Phi) is 6.08. The first-order valence-electron chi connectivity index (χ1n) is 8.31. The van der Waals surface area contributed by atoms with Crippen LogP contribution in [0.1, 0.15) is 5.56 Å². The van der Waals surface area contributed by atoms with Crippen LogP contribution >= 0.6 is 11.8 Å². The summed E-state index contributed by atoms with van der Waals surface area (Å²) in [5, 5.41) is 6.73. The third-order valence-corrected chi connectivity index (χ3v) is 4.72. The molecular weight excluding hydrogens is 369 g/mol. The third kappa shape index (κ3) is 5.30. The second kappa shape index (κ2) is 8.68. The average molecular weight is 387 g/mol. The van der Waals surface area contributed by atoms with Gasteiger partial charge in [-0.05, 0) is 43.3 Å². The number of aryl methyl sites for hydroxylation is 1. The fraction of sp³-hybridized carbons (Fsp3) is 0.211. The molecule has 140 valence electrons. The van der Waals surface area contributed by atoms with Gasteiger partial charge in [-0.1, -0.05) is 17.7 Å². The maximum atomic E-state index is 13.0. The molecule has 0 fully saturated rings. The smallest absolute Gasteiger partial charge is 0.388 e. The topological polar surface area (TPSA) is 77.1 Å². The first-order chi connectivity index (χ1) is 13.0. The van der Waals surface area contributed by atoms with Gasteiger partial charge >= 0.3 is 5.76 Å². The molecule has 1 heterocycles. The third-order valence-electron chi connectivity index (χ3n) is 3.70. The van der Waals surface area contributed by atoms with Crippen LogP contribution in [0.5, 0.6) is 0 Å². The predicted molar refractivity (Wildman–Crippen MR) is 101 cm³/mol. The van der Waals surface area contributed by atoms with Crippen LogP contribution in [0.4, 0.5) is 4.39 Å². The minimum Gasteiger partial charge on any atom is -0.388 e. The molecule has 0 aliphatic heterocycles. The van der Waals surface area contributed by atoms with Crippen LogP contribution in [-0.2, 0) is 11.3 Å². The summed E-state index contributed by atoms with van der Waals surface area (Å²) in [7, 11) is 0.